The largest absolute Gasteiger partial charge is 1.00 e. The van der Waals surface area contributed by atoms with Gasteiger partial charge in [0.1, 0.15) is 31.0 Å². The minimum absolute atomic E-state index is 0. The molecular formula is C18H23N9NaO10P. The van der Waals surface area contributed by atoms with E-state index in [1.54, 1.807) is 0 Å². The van der Waals surface area contributed by atoms with Crippen molar-refractivity contribution in [2.75, 3.05) is 24.7 Å². The van der Waals surface area contributed by atoms with Crippen molar-refractivity contribution < 1.29 is 67.8 Å². The summed E-state index contributed by atoms with van der Waals surface area (Å²) in [5.74, 6) is -0.387. The molecule has 4 unspecified atom stereocenters. The van der Waals surface area contributed by atoms with Gasteiger partial charge in [-0.25, -0.2) is 14.8 Å². The number of H-pyrrole nitrogens is 1. The van der Waals surface area contributed by atoms with Gasteiger partial charge in [-0.1, -0.05) is 0 Å². The molecule has 19 nitrogen and oxygen atoms in total. The second kappa shape index (κ2) is 11.7. The van der Waals surface area contributed by atoms with Crippen LogP contribution in [0.15, 0.2) is 22.2 Å². The summed E-state index contributed by atoms with van der Waals surface area (Å²) in [6.07, 6.45) is -4.16. The SMILES string of the molecule is Nc1ncn(C2C[C@@H](OP(=O)([O-])OCC3OC(n4cnc5c(=O)[nH]c(N)nc54)C[C@H]3O)[C@@H](CO)O2)c(=O)n1.[Na+]. The molecule has 206 valence electrons. The minimum Gasteiger partial charge on any atom is -0.756 e. The fourth-order valence-corrected chi connectivity index (χ4v) is 5.19. The minimum atomic E-state index is -5.01. The van der Waals surface area contributed by atoms with Crippen LogP contribution in [-0.4, -0.2) is 81.9 Å². The van der Waals surface area contributed by atoms with Gasteiger partial charge < -0.3 is 45.1 Å². The van der Waals surface area contributed by atoms with Crippen LogP contribution in [0.25, 0.3) is 11.2 Å². The van der Waals surface area contributed by atoms with Gasteiger partial charge in [0.05, 0.1) is 31.7 Å². The summed E-state index contributed by atoms with van der Waals surface area (Å²) in [6, 6.07) is 0. The Balaban J connectivity index is 0.00000353. The Morgan fingerprint density at radius 2 is 1.82 bits per heavy atom. The third kappa shape index (κ3) is 6.23. The molecule has 0 spiro atoms. The number of imidazole rings is 1. The van der Waals surface area contributed by atoms with Crippen LogP contribution >= 0.6 is 7.82 Å². The summed E-state index contributed by atoms with van der Waals surface area (Å²) in [7, 11) is -5.01. The predicted octanol–water partition coefficient (Wildman–Crippen LogP) is -6.26. The van der Waals surface area contributed by atoms with Crippen molar-refractivity contribution in [3.63, 3.8) is 0 Å². The van der Waals surface area contributed by atoms with Crippen molar-refractivity contribution in [3.05, 3.63) is 33.5 Å². The fourth-order valence-electron chi connectivity index (χ4n) is 4.25. The van der Waals surface area contributed by atoms with Crippen LogP contribution in [0.3, 0.4) is 0 Å². The van der Waals surface area contributed by atoms with Gasteiger partial charge in [0, 0.05) is 12.8 Å². The summed E-state index contributed by atoms with van der Waals surface area (Å²) in [6.45, 7) is -1.22. The molecule has 39 heavy (non-hydrogen) atoms. The molecule has 0 radical (unpaired) electrons. The Morgan fingerprint density at radius 3 is 2.54 bits per heavy atom. The number of aliphatic hydroxyl groups excluding tert-OH is 2. The summed E-state index contributed by atoms with van der Waals surface area (Å²) in [4.78, 5) is 54.1. The van der Waals surface area contributed by atoms with Crippen LogP contribution in [0.4, 0.5) is 11.9 Å². The van der Waals surface area contributed by atoms with E-state index in [0.717, 1.165) is 10.9 Å². The van der Waals surface area contributed by atoms with Crippen molar-refractivity contribution in [3.8, 4) is 0 Å². The van der Waals surface area contributed by atoms with Gasteiger partial charge in [-0.15, -0.1) is 0 Å². The van der Waals surface area contributed by atoms with Gasteiger partial charge in [0.2, 0.25) is 11.9 Å². The van der Waals surface area contributed by atoms with E-state index in [1.807, 2.05) is 0 Å². The standard InChI is InChI=1S/C18H24N9O10P.Na/c19-16-22-6-27(18(31)25-16)12-2-8(9(3-28)35-12)37-38(32,33)34-4-10-7(29)1-11(36-10)26-5-21-13-14(26)23-17(20)24-15(13)30;/h5-12,28-29H,1-4H2,(H,32,33)(H2,19,25,31)(H3,20,23,24,30);/q;+1/p-1/t7-,8-,9-,10?,11?,12?;/m1./s1. The maximum atomic E-state index is 12.5. The molecule has 5 rings (SSSR count). The fraction of sp³-hybridized carbons (Fsp3) is 0.556. The molecule has 2 aliphatic rings. The van der Waals surface area contributed by atoms with Crippen molar-refractivity contribution >= 4 is 30.9 Å². The zero-order chi connectivity index (χ0) is 27.2. The Bertz CT molecular complexity index is 1500. The number of hydrogen-bond acceptors (Lipinski definition) is 16. The number of phosphoric ester groups is 1. The zero-order valence-electron chi connectivity index (χ0n) is 20.4. The third-order valence-electron chi connectivity index (χ3n) is 6.04. The van der Waals surface area contributed by atoms with E-state index in [9.17, 15) is 29.3 Å². The van der Waals surface area contributed by atoms with Crippen molar-refractivity contribution in [2.24, 2.45) is 0 Å². The summed E-state index contributed by atoms with van der Waals surface area (Å²) in [5, 5.41) is 20.0. The summed E-state index contributed by atoms with van der Waals surface area (Å²) in [5.41, 5.74) is 9.76. The smallest absolute Gasteiger partial charge is 0.756 e. The molecule has 2 aliphatic heterocycles. The number of aliphatic hydroxyl groups is 2. The van der Waals surface area contributed by atoms with Crippen molar-refractivity contribution in [1.29, 1.82) is 0 Å². The van der Waals surface area contributed by atoms with E-state index in [4.69, 9.17) is 30.0 Å². The number of nitrogens with zero attached hydrogens (tertiary/aromatic N) is 6. The van der Waals surface area contributed by atoms with Crippen molar-refractivity contribution in [2.45, 2.75) is 49.7 Å². The van der Waals surface area contributed by atoms with E-state index in [1.165, 1.54) is 10.9 Å². The van der Waals surface area contributed by atoms with Crippen LogP contribution < -0.4 is 57.2 Å². The molecule has 0 amide bonds. The molecule has 0 saturated carbocycles. The number of aromatic nitrogens is 7. The van der Waals surface area contributed by atoms with Gasteiger partial charge >= 0.3 is 35.2 Å². The van der Waals surface area contributed by atoms with Gasteiger partial charge in [-0.05, 0) is 0 Å². The molecule has 5 heterocycles. The van der Waals surface area contributed by atoms with Crippen LogP contribution in [-0.2, 0) is 23.1 Å². The third-order valence-corrected chi connectivity index (χ3v) is 7.04. The van der Waals surface area contributed by atoms with Gasteiger partial charge in [-0.2, -0.15) is 9.97 Å². The second-order valence-corrected chi connectivity index (χ2v) is 9.91. The number of nitrogens with two attached hydrogens (primary N) is 2. The number of nitrogen functional groups attached to an aromatic ring is 2. The summed E-state index contributed by atoms with van der Waals surface area (Å²) >= 11 is 0. The number of ether oxygens (including phenoxy) is 2. The molecular weight excluding hydrogens is 556 g/mol. The van der Waals surface area contributed by atoms with Crippen LogP contribution in [0.1, 0.15) is 25.3 Å². The molecule has 21 heteroatoms. The van der Waals surface area contributed by atoms with E-state index < -0.39 is 69.2 Å². The molecule has 2 saturated heterocycles. The molecule has 0 aromatic carbocycles. The average molecular weight is 579 g/mol. The Morgan fingerprint density at radius 1 is 1.13 bits per heavy atom. The number of anilines is 2. The number of fused-ring (bicyclic) bond motifs is 1. The number of rotatable bonds is 8. The van der Waals surface area contributed by atoms with Crippen LogP contribution in [0.5, 0.6) is 0 Å². The molecule has 0 aliphatic carbocycles. The van der Waals surface area contributed by atoms with Crippen LogP contribution in [0, 0.1) is 0 Å². The maximum Gasteiger partial charge on any atom is 1.00 e. The number of aromatic amines is 1. The van der Waals surface area contributed by atoms with Gasteiger partial charge in [-0.3, -0.25) is 23.5 Å². The van der Waals surface area contributed by atoms with Gasteiger partial charge in [0.15, 0.2) is 11.2 Å². The first kappa shape index (κ1) is 29.7. The molecule has 0 bridgehead atoms. The first-order valence-corrected chi connectivity index (χ1v) is 12.7. The molecule has 2 fully saturated rings. The Labute approximate surface area is 240 Å². The predicted molar refractivity (Wildman–Crippen MR) is 122 cm³/mol. The number of nitrogens with one attached hydrogen (secondary N) is 1. The second-order valence-electron chi connectivity index (χ2n) is 8.55. The van der Waals surface area contributed by atoms with E-state index in [2.05, 4.69) is 24.9 Å². The number of phosphoric acid groups is 1. The topological polar surface area (TPSA) is 281 Å². The summed E-state index contributed by atoms with van der Waals surface area (Å²) < 4.78 is 36.2. The molecule has 7 atom stereocenters. The zero-order valence-corrected chi connectivity index (χ0v) is 23.3. The molecule has 3 aromatic heterocycles. The Kier molecular flexibility index (Phi) is 8.89. The maximum absolute atomic E-state index is 12.5. The first-order valence-electron chi connectivity index (χ1n) is 11.2. The number of hydrogen-bond donors (Lipinski definition) is 5. The first-order chi connectivity index (χ1) is 18.0. The van der Waals surface area contributed by atoms with E-state index in [-0.39, 0.29) is 65.5 Å². The van der Waals surface area contributed by atoms with Crippen molar-refractivity contribution in [1.82, 2.24) is 34.1 Å². The van der Waals surface area contributed by atoms with Crippen LogP contribution in [0.2, 0.25) is 0 Å². The van der Waals surface area contributed by atoms with Gasteiger partial charge in [0.25, 0.3) is 13.4 Å². The Hall–Kier alpha value is -2.29. The quantitative estimate of drug-likeness (QED) is 0.122. The normalized spacial score (nSPS) is 28.4. The van der Waals surface area contributed by atoms with E-state index in [0.29, 0.717) is 0 Å². The molecule has 3 aromatic rings. The molecule has 7 N–H and O–H groups in total. The average Bonchev–Trinajstić information content (AvgIpc) is 3.54. The monoisotopic (exact) mass is 579 g/mol. The van der Waals surface area contributed by atoms with E-state index >= 15 is 0 Å².